The van der Waals surface area contributed by atoms with Crippen molar-refractivity contribution in [3.63, 3.8) is 0 Å². The van der Waals surface area contributed by atoms with Crippen LogP contribution >= 0.6 is 45.9 Å². The van der Waals surface area contributed by atoms with E-state index in [4.69, 9.17) is 4.74 Å². The number of ether oxygens (including phenoxy) is 1. The van der Waals surface area contributed by atoms with Gasteiger partial charge in [-0.1, -0.05) is 71.7 Å². The summed E-state index contributed by atoms with van der Waals surface area (Å²) in [6, 6.07) is 1.17. The summed E-state index contributed by atoms with van der Waals surface area (Å²) in [6.45, 7) is 5.30. The molecule has 0 radical (unpaired) electrons. The molecule has 0 amide bonds. The van der Waals surface area contributed by atoms with E-state index in [9.17, 15) is 4.79 Å². The molecular formula is C11H19Br3O2Si. The van der Waals surface area contributed by atoms with Gasteiger partial charge in [-0.05, 0) is 25.8 Å². The summed E-state index contributed by atoms with van der Waals surface area (Å²) in [5.41, 5.74) is 0. The van der Waals surface area contributed by atoms with E-state index >= 15 is 0 Å². The summed E-state index contributed by atoms with van der Waals surface area (Å²) in [5, 5.41) is 0. The highest BCUT2D eigenvalue weighted by molar-refractivity contribution is 9.72. The highest BCUT2D eigenvalue weighted by Crippen LogP contribution is 2.33. The second kappa shape index (κ2) is 9.75. The summed E-state index contributed by atoms with van der Waals surface area (Å²) in [5.74, 6) is -0.328. The predicted octanol–water partition coefficient (Wildman–Crippen LogP) is 5.18. The third-order valence-electron chi connectivity index (χ3n) is 2.30. The largest absolute Gasteiger partial charge is 0.460 e. The maximum Gasteiger partial charge on any atom is 0.330 e. The Morgan fingerprint density at radius 2 is 1.88 bits per heavy atom. The SMILES string of the molecule is C=CC(=O)OC(C)CCCCCC[Si](Br)(Br)Br. The molecule has 1 atom stereocenters. The van der Waals surface area contributed by atoms with Crippen LogP contribution in [0.1, 0.15) is 39.0 Å². The van der Waals surface area contributed by atoms with Gasteiger partial charge in [-0.25, -0.2) is 4.79 Å². The Bertz CT molecular complexity index is 241. The molecule has 0 heterocycles. The molecule has 0 aliphatic heterocycles. The molecule has 1 unspecified atom stereocenters. The van der Waals surface area contributed by atoms with Crippen molar-refractivity contribution in [2.75, 3.05) is 0 Å². The Balaban J connectivity index is 3.39. The third kappa shape index (κ3) is 13.1. The zero-order valence-corrected chi connectivity index (χ0v) is 15.8. The summed E-state index contributed by atoms with van der Waals surface area (Å²) in [7, 11) is 0. The quantitative estimate of drug-likeness (QED) is 0.159. The number of hydrogen-bond donors (Lipinski definition) is 0. The fourth-order valence-electron chi connectivity index (χ4n) is 1.42. The van der Waals surface area contributed by atoms with Crippen molar-refractivity contribution >= 4 is 55.8 Å². The molecule has 0 aliphatic rings. The number of halogens is 3. The van der Waals surface area contributed by atoms with E-state index in [-0.39, 0.29) is 12.1 Å². The van der Waals surface area contributed by atoms with Crippen LogP contribution < -0.4 is 0 Å². The van der Waals surface area contributed by atoms with Crippen molar-refractivity contribution in [2.24, 2.45) is 0 Å². The van der Waals surface area contributed by atoms with Gasteiger partial charge in [-0.3, -0.25) is 0 Å². The molecule has 17 heavy (non-hydrogen) atoms. The summed E-state index contributed by atoms with van der Waals surface area (Å²) >= 11 is 10.8. The van der Waals surface area contributed by atoms with Crippen molar-refractivity contribution < 1.29 is 9.53 Å². The first-order valence-corrected chi connectivity index (χ1v) is 14.7. The summed E-state index contributed by atoms with van der Waals surface area (Å²) in [6.07, 6.45) is 6.87. The summed E-state index contributed by atoms with van der Waals surface area (Å²) in [4.78, 5) is 10.9. The van der Waals surface area contributed by atoms with E-state index in [1.807, 2.05) is 6.92 Å². The van der Waals surface area contributed by atoms with Crippen molar-refractivity contribution in [1.82, 2.24) is 0 Å². The van der Waals surface area contributed by atoms with Gasteiger partial charge in [0, 0.05) is 6.08 Å². The Kier molecular flexibility index (Phi) is 10.2. The number of rotatable bonds is 9. The molecule has 0 saturated heterocycles. The maximum atomic E-state index is 10.9. The van der Waals surface area contributed by atoms with Crippen molar-refractivity contribution in [3.8, 4) is 0 Å². The van der Waals surface area contributed by atoms with Gasteiger partial charge in [0.2, 0.25) is 0 Å². The van der Waals surface area contributed by atoms with Crippen LogP contribution in [0.2, 0.25) is 6.04 Å². The van der Waals surface area contributed by atoms with Gasteiger partial charge in [0.15, 0.2) is 0 Å². The lowest BCUT2D eigenvalue weighted by molar-refractivity contribution is -0.142. The zero-order valence-electron chi connectivity index (χ0n) is 10.1. The third-order valence-corrected chi connectivity index (χ3v) is 6.79. The molecule has 0 aromatic carbocycles. The van der Waals surface area contributed by atoms with Crippen LogP contribution in [0.3, 0.4) is 0 Å². The first-order chi connectivity index (χ1) is 7.85. The van der Waals surface area contributed by atoms with Crippen molar-refractivity contribution in [2.45, 2.75) is 51.2 Å². The normalized spacial score (nSPS) is 13.2. The van der Waals surface area contributed by atoms with Gasteiger partial charge in [0.05, 0.1) is 6.10 Å². The van der Waals surface area contributed by atoms with Gasteiger partial charge in [0.1, 0.15) is 0 Å². The van der Waals surface area contributed by atoms with Gasteiger partial charge in [-0.15, -0.1) is 0 Å². The van der Waals surface area contributed by atoms with Crippen molar-refractivity contribution in [1.29, 1.82) is 0 Å². The summed E-state index contributed by atoms with van der Waals surface area (Å²) < 4.78 is 3.68. The first kappa shape index (κ1) is 17.9. The molecule has 0 bridgehead atoms. The highest BCUT2D eigenvalue weighted by atomic mass is 80.0. The monoisotopic (exact) mass is 448 g/mol. The van der Waals surface area contributed by atoms with Crippen LogP contribution in [-0.2, 0) is 9.53 Å². The molecule has 0 aliphatic carbocycles. The van der Waals surface area contributed by atoms with Gasteiger partial charge in [-0.2, -0.15) is 0 Å². The number of hydrogen-bond acceptors (Lipinski definition) is 2. The van der Waals surface area contributed by atoms with Crippen molar-refractivity contribution in [3.05, 3.63) is 12.7 Å². The number of unbranched alkanes of at least 4 members (excludes halogenated alkanes) is 3. The lowest BCUT2D eigenvalue weighted by Gasteiger charge is -2.12. The molecule has 0 saturated carbocycles. The second-order valence-corrected chi connectivity index (χ2v) is 27.5. The van der Waals surface area contributed by atoms with E-state index in [1.54, 1.807) is 0 Å². The maximum absolute atomic E-state index is 10.9. The van der Waals surface area contributed by atoms with Crippen LogP contribution in [0.15, 0.2) is 12.7 Å². The Morgan fingerprint density at radius 3 is 2.41 bits per heavy atom. The first-order valence-electron chi connectivity index (χ1n) is 5.75. The molecule has 0 fully saturated rings. The highest BCUT2D eigenvalue weighted by Gasteiger charge is 2.20. The average molecular weight is 451 g/mol. The van der Waals surface area contributed by atoms with Crippen LogP contribution in [0.25, 0.3) is 0 Å². The minimum atomic E-state index is -1.41. The Hall–Kier alpha value is 0.867. The number of carbonyl (C=O) groups excluding carboxylic acids is 1. The topological polar surface area (TPSA) is 26.3 Å². The fraction of sp³-hybridized carbons (Fsp3) is 0.727. The minimum Gasteiger partial charge on any atom is -0.460 e. The molecule has 0 aromatic heterocycles. The molecule has 0 rings (SSSR count). The molecule has 6 heteroatoms. The van der Waals surface area contributed by atoms with Gasteiger partial charge >= 0.3 is 5.97 Å². The number of carbonyl (C=O) groups is 1. The van der Waals surface area contributed by atoms with Crippen LogP contribution in [0.4, 0.5) is 0 Å². The molecule has 0 aromatic rings. The van der Waals surface area contributed by atoms with Crippen LogP contribution in [0.5, 0.6) is 0 Å². The Labute approximate surface area is 128 Å². The standard InChI is InChI=1S/C11H19Br3O2Si/c1-3-11(15)16-10(2)8-6-4-5-7-9-17(12,13)14/h3,10H,1,4-9H2,2H3. The van der Waals surface area contributed by atoms with E-state index in [0.717, 1.165) is 12.8 Å². The van der Waals surface area contributed by atoms with Crippen LogP contribution in [0, 0.1) is 0 Å². The molecule has 0 spiro atoms. The van der Waals surface area contributed by atoms with Gasteiger partial charge in [0.25, 0.3) is 3.93 Å². The predicted molar refractivity (Wildman–Crippen MR) is 86.2 cm³/mol. The lowest BCUT2D eigenvalue weighted by atomic mass is 10.1. The van der Waals surface area contributed by atoms with E-state index in [0.29, 0.717) is 0 Å². The molecule has 100 valence electrons. The fourth-order valence-corrected chi connectivity index (χ4v) is 4.59. The Morgan fingerprint density at radius 1 is 1.29 bits per heavy atom. The van der Waals surface area contributed by atoms with E-state index in [2.05, 4.69) is 52.5 Å². The second-order valence-electron chi connectivity index (χ2n) is 4.02. The molecular weight excluding hydrogens is 432 g/mol. The van der Waals surface area contributed by atoms with Crippen LogP contribution in [-0.4, -0.2) is 16.0 Å². The molecule has 0 N–H and O–H groups in total. The van der Waals surface area contributed by atoms with Gasteiger partial charge < -0.3 is 4.74 Å². The van der Waals surface area contributed by atoms with E-state index in [1.165, 1.54) is 31.4 Å². The number of esters is 1. The minimum absolute atomic E-state index is 0.00232. The lowest BCUT2D eigenvalue weighted by Crippen LogP contribution is -2.12. The average Bonchev–Trinajstić information content (AvgIpc) is 2.21. The van der Waals surface area contributed by atoms with E-state index < -0.39 is 3.93 Å². The molecule has 2 nitrogen and oxygen atoms in total. The smallest absolute Gasteiger partial charge is 0.330 e. The zero-order chi connectivity index (χ0) is 13.3.